The summed E-state index contributed by atoms with van der Waals surface area (Å²) in [6, 6.07) is 71.3. The van der Waals surface area contributed by atoms with E-state index in [4.69, 9.17) is 9.98 Å². The molecule has 0 fully saturated rings. The van der Waals surface area contributed by atoms with Crippen LogP contribution in [0.3, 0.4) is 0 Å². The quantitative estimate of drug-likeness (QED) is 0.173. The Morgan fingerprint density at radius 1 is 0.352 bits per heavy atom. The number of rotatable bonds is 6. The highest BCUT2D eigenvalue weighted by Gasteiger charge is 2.24. The lowest BCUT2D eigenvalue weighted by atomic mass is 9.87. The van der Waals surface area contributed by atoms with Crippen LogP contribution >= 0.6 is 0 Å². The summed E-state index contributed by atoms with van der Waals surface area (Å²) in [5.74, 6) is 1.51. The van der Waals surface area contributed by atoms with Crippen LogP contribution in [0.2, 0.25) is 0 Å². The fourth-order valence-corrected chi connectivity index (χ4v) is 7.88. The van der Waals surface area contributed by atoms with Crippen molar-refractivity contribution in [2.24, 2.45) is 9.98 Å². The molecule has 54 heavy (non-hydrogen) atoms. The van der Waals surface area contributed by atoms with E-state index in [1.807, 2.05) is 12.1 Å². The Bertz CT molecular complexity index is 2820. The van der Waals surface area contributed by atoms with Crippen LogP contribution in [0.25, 0.3) is 65.7 Å². The van der Waals surface area contributed by atoms with Crippen LogP contribution in [0, 0.1) is 0 Å². The lowest BCUT2D eigenvalue weighted by Crippen LogP contribution is -2.33. The normalized spacial score (nSPS) is 14.1. The highest BCUT2D eigenvalue weighted by molar-refractivity contribution is 6.31. The minimum absolute atomic E-state index is 0.314. The van der Waals surface area contributed by atoms with Crippen molar-refractivity contribution in [2.45, 2.75) is 6.17 Å². The SMILES string of the molecule is c1ccc(C2=NC(c3cc(-c4cc(-c5ccccc5)cc(-c5ccccc5)c4)cc4c5ccccc5c5ccccc5c34)=NC(c3ccccc3)N2)cc1. The zero-order chi connectivity index (χ0) is 35.8. The topological polar surface area (TPSA) is 36.8 Å². The minimum atomic E-state index is -0.314. The van der Waals surface area contributed by atoms with Crippen molar-refractivity contribution in [3.8, 4) is 33.4 Å². The summed E-state index contributed by atoms with van der Waals surface area (Å²) in [5.41, 5.74) is 10.1. The predicted molar refractivity (Wildman–Crippen MR) is 227 cm³/mol. The van der Waals surface area contributed by atoms with Crippen molar-refractivity contribution >= 4 is 44.0 Å². The first-order chi connectivity index (χ1) is 26.8. The van der Waals surface area contributed by atoms with Gasteiger partial charge in [0.1, 0.15) is 12.0 Å². The van der Waals surface area contributed by atoms with Gasteiger partial charge in [-0.25, -0.2) is 9.98 Å². The van der Waals surface area contributed by atoms with Crippen LogP contribution < -0.4 is 5.32 Å². The lowest BCUT2D eigenvalue weighted by Gasteiger charge is -2.25. The molecule has 1 aliphatic heterocycles. The Hall–Kier alpha value is -7.10. The van der Waals surface area contributed by atoms with E-state index < -0.39 is 0 Å². The van der Waals surface area contributed by atoms with Crippen LogP contribution in [0.1, 0.15) is 22.9 Å². The van der Waals surface area contributed by atoms with Crippen LogP contribution in [-0.2, 0) is 0 Å². The molecule has 1 heterocycles. The zero-order valence-electron chi connectivity index (χ0n) is 29.5. The molecule has 1 N–H and O–H groups in total. The summed E-state index contributed by atoms with van der Waals surface area (Å²) in [5, 5.41) is 10.8. The molecule has 0 saturated carbocycles. The third kappa shape index (κ3) is 5.73. The fourth-order valence-electron chi connectivity index (χ4n) is 7.88. The Balaban J connectivity index is 1.30. The molecule has 0 amide bonds. The molecular formula is C51H35N3. The van der Waals surface area contributed by atoms with Gasteiger partial charge >= 0.3 is 0 Å². The third-order valence-corrected chi connectivity index (χ3v) is 10.5. The van der Waals surface area contributed by atoms with E-state index in [-0.39, 0.29) is 6.17 Å². The molecule has 0 radical (unpaired) electrons. The molecule has 0 aromatic heterocycles. The molecule has 9 aromatic rings. The van der Waals surface area contributed by atoms with Gasteiger partial charge in [-0.1, -0.05) is 170 Å². The van der Waals surface area contributed by atoms with E-state index in [1.165, 1.54) is 49.2 Å². The maximum absolute atomic E-state index is 5.42. The third-order valence-electron chi connectivity index (χ3n) is 10.5. The van der Waals surface area contributed by atoms with E-state index in [2.05, 4.69) is 193 Å². The second-order valence-electron chi connectivity index (χ2n) is 13.8. The minimum Gasteiger partial charge on any atom is -0.344 e. The molecule has 10 rings (SSSR count). The van der Waals surface area contributed by atoms with Crippen LogP contribution in [0.15, 0.2) is 210 Å². The zero-order valence-corrected chi connectivity index (χ0v) is 29.5. The number of fused-ring (bicyclic) bond motifs is 6. The van der Waals surface area contributed by atoms with Gasteiger partial charge < -0.3 is 5.32 Å². The summed E-state index contributed by atoms with van der Waals surface area (Å²) >= 11 is 0. The number of nitrogens with zero attached hydrogens (tertiary/aromatic N) is 2. The van der Waals surface area contributed by atoms with E-state index in [0.717, 1.165) is 39.0 Å². The average molecular weight is 690 g/mol. The number of amidine groups is 2. The first kappa shape index (κ1) is 31.6. The van der Waals surface area contributed by atoms with Gasteiger partial charge in [0.25, 0.3) is 0 Å². The van der Waals surface area contributed by atoms with Crippen molar-refractivity contribution in [3.63, 3.8) is 0 Å². The molecule has 1 aliphatic rings. The first-order valence-electron chi connectivity index (χ1n) is 18.4. The fraction of sp³-hybridized carbons (Fsp3) is 0.0196. The molecular weight excluding hydrogens is 655 g/mol. The maximum atomic E-state index is 5.42. The molecule has 0 saturated heterocycles. The van der Waals surface area contributed by atoms with Crippen LogP contribution in [0.4, 0.5) is 0 Å². The summed E-state index contributed by atoms with van der Waals surface area (Å²) in [6.45, 7) is 0. The van der Waals surface area contributed by atoms with Crippen molar-refractivity contribution in [1.29, 1.82) is 0 Å². The van der Waals surface area contributed by atoms with Crippen LogP contribution in [-0.4, -0.2) is 11.7 Å². The Morgan fingerprint density at radius 2 is 0.778 bits per heavy atom. The number of aliphatic imine (C=N–C) groups is 2. The Morgan fingerprint density at radius 3 is 1.35 bits per heavy atom. The highest BCUT2D eigenvalue weighted by atomic mass is 15.2. The number of nitrogens with one attached hydrogen (secondary N) is 1. The van der Waals surface area contributed by atoms with E-state index in [1.54, 1.807) is 0 Å². The van der Waals surface area contributed by atoms with Crippen molar-refractivity contribution in [3.05, 3.63) is 217 Å². The molecule has 0 spiro atoms. The van der Waals surface area contributed by atoms with Crippen molar-refractivity contribution in [2.75, 3.05) is 0 Å². The van der Waals surface area contributed by atoms with E-state index >= 15 is 0 Å². The van der Waals surface area contributed by atoms with Crippen molar-refractivity contribution < 1.29 is 0 Å². The molecule has 254 valence electrons. The van der Waals surface area contributed by atoms with Gasteiger partial charge in [0.15, 0.2) is 5.84 Å². The van der Waals surface area contributed by atoms with E-state index in [9.17, 15) is 0 Å². The monoisotopic (exact) mass is 689 g/mol. The molecule has 1 atom stereocenters. The van der Waals surface area contributed by atoms with Gasteiger partial charge in [-0.3, -0.25) is 0 Å². The van der Waals surface area contributed by atoms with Gasteiger partial charge in [-0.2, -0.15) is 0 Å². The molecule has 3 nitrogen and oxygen atoms in total. The molecule has 1 unspecified atom stereocenters. The predicted octanol–water partition coefficient (Wildman–Crippen LogP) is 12.6. The Kier molecular flexibility index (Phi) is 7.88. The molecule has 3 heteroatoms. The summed E-state index contributed by atoms with van der Waals surface area (Å²) in [4.78, 5) is 10.8. The number of hydrogen-bond acceptors (Lipinski definition) is 3. The summed E-state index contributed by atoms with van der Waals surface area (Å²) < 4.78 is 0. The molecule has 0 aliphatic carbocycles. The van der Waals surface area contributed by atoms with Gasteiger partial charge in [-0.05, 0) is 96.2 Å². The standard InChI is InChI=1S/C51H35N3/c1-5-17-34(18-6-1)38-29-39(35-19-7-2-8-20-35)31-40(30-38)41-32-46-44-27-14-13-25-42(44)43-26-15-16-28-45(43)48(46)47(33-41)51-53-49(36-21-9-3-10-22-36)52-50(54-51)37-23-11-4-12-24-37/h1-33,49H,(H,52,53,54). The second kappa shape index (κ2) is 13.5. The van der Waals surface area contributed by atoms with Gasteiger partial charge in [0.05, 0.1) is 0 Å². The van der Waals surface area contributed by atoms with E-state index in [0.29, 0.717) is 5.84 Å². The summed E-state index contributed by atoms with van der Waals surface area (Å²) in [6.07, 6.45) is -0.314. The summed E-state index contributed by atoms with van der Waals surface area (Å²) in [7, 11) is 0. The van der Waals surface area contributed by atoms with Crippen LogP contribution in [0.5, 0.6) is 0 Å². The van der Waals surface area contributed by atoms with Gasteiger partial charge in [-0.15, -0.1) is 0 Å². The largest absolute Gasteiger partial charge is 0.344 e. The van der Waals surface area contributed by atoms with Gasteiger partial charge in [0, 0.05) is 16.5 Å². The van der Waals surface area contributed by atoms with Crippen molar-refractivity contribution in [1.82, 2.24) is 5.32 Å². The molecule has 9 aromatic carbocycles. The maximum Gasteiger partial charge on any atom is 0.160 e. The molecule has 0 bridgehead atoms. The van der Waals surface area contributed by atoms with Gasteiger partial charge in [0.2, 0.25) is 0 Å². The number of hydrogen-bond donors (Lipinski definition) is 1. The Labute approximate surface area is 314 Å². The average Bonchev–Trinajstić information content (AvgIpc) is 3.27. The number of benzene rings is 9. The first-order valence-corrected chi connectivity index (χ1v) is 18.4. The second-order valence-corrected chi connectivity index (χ2v) is 13.8. The highest BCUT2D eigenvalue weighted by Crippen LogP contribution is 2.42. The lowest BCUT2D eigenvalue weighted by molar-refractivity contribution is 0.674. The smallest absolute Gasteiger partial charge is 0.160 e.